The molecule has 1 N–H and O–H groups in total. The summed E-state index contributed by atoms with van der Waals surface area (Å²) in [6.07, 6.45) is 2.19. The monoisotopic (exact) mass is 314 g/mol. The van der Waals surface area contributed by atoms with Gasteiger partial charge < -0.3 is 9.73 Å². The van der Waals surface area contributed by atoms with Crippen LogP contribution in [0, 0.1) is 5.82 Å². The number of carbonyl (C=O) groups excluding carboxylic acids is 2. The molecule has 0 atom stereocenters. The minimum atomic E-state index is -0.423. The van der Waals surface area contributed by atoms with Gasteiger partial charge in [0.2, 0.25) is 0 Å². The molecule has 1 saturated heterocycles. The third-order valence-corrected chi connectivity index (χ3v) is 3.45. The molecule has 1 aliphatic heterocycles. The molecule has 1 aromatic carbocycles. The first kappa shape index (κ1) is 15.0. The van der Waals surface area contributed by atoms with Crippen LogP contribution in [0.1, 0.15) is 19.1 Å². The van der Waals surface area contributed by atoms with Crippen LogP contribution >= 0.6 is 0 Å². The number of nitrogens with one attached hydrogen (secondary N) is 1. The number of carbonyl (C=O) groups is 2. The van der Waals surface area contributed by atoms with Crippen molar-refractivity contribution < 1.29 is 18.4 Å². The van der Waals surface area contributed by atoms with Gasteiger partial charge in [-0.3, -0.25) is 9.69 Å². The summed E-state index contributed by atoms with van der Waals surface area (Å²) in [6, 6.07) is 8.90. The maximum absolute atomic E-state index is 12.9. The Balaban J connectivity index is 1.82. The quantitative estimate of drug-likeness (QED) is 0.695. The lowest BCUT2D eigenvalue weighted by molar-refractivity contribution is -0.122. The van der Waals surface area contributed by atoms with Crippen molar-refractivity contribution in [2.45, 2.75) is 13.3 Å². The Bertz CT molecular complexity index is 777. The molecular formula is C17H15FN2O3. The molecule has 3 rings (SSSR count). The van der Waals surface area contributed by atoms with E-state index in [0.717, 1.165) is 10.5 Å². The summed E-state index contributed by atoms with van der Waals surface area (Å²) < 4.78 is 18.6. The standard InChI is InChI=1S/C17H15FN2O3/c1-2-9-20-16(21)14(19-17(20)22)10-13-7-8-15(23-13)11-3-5-12(18)6-4-11/h3-8,10H,2,9H2,1H3,(H,19,22)/b14-10+. The summed E-state index contributed by atoms with van der Waals surface area (Å²) in [4.78, 5) is 25.0. The van der Waals surface area contributed by atoms with E-state index in [2.05, 4.69) is 5.32 Å². The highest BCUT2D eigenvalue weighted by Crippen LogP contribution is 2.24. The highest BCUT2D eigenvalue weighted by molar-refractivity contribution is 6.13. The van der Waals surface area contributed by atoms with Gasteiger partial charge in [-0.25, -0.2) is 9.18 Å². The lowest BCUT2D eigenvalue weighted by Crippen LogP contribution is -2.31. The second-order valence-corrected chi connectivity index (χ2v) is 5.15. The average Bonchev–Trinajstić information content (AvgIpc) is 3.09. The van der Waals surface area contributed by atoms with Gasteiger partial charge in [0.15, 0.2) is 0 Å². The number of imide groups is 1. The second-order valence-electron chi connectivity index (χ2n) is 5.15. The maximum atomic E-state index is 12.9. The predicted octanol–water partition coefficient (Wildman–Crippen LogP) is 3.39. The van der Waals surface area contributed by atoms with E-state index in [1.165, 1.54) is 18.2 Å². The fourth-order valence-electron chi connectivity index (χ4n) is 2.34. The molecule has 1 aromatic heterocycles. The van der Waals surface area contributed by atoms with Crippen LogP contribution in [0.25, 0.3) is 17.4 Å². The zero-order chi connectivity index (χ0) is 16.4. The summed E-state index contributed by atoms with van der Waals surface area (Å²) >= 11 is 0. The van der Waals surface area contributed by atoms with E-state index >= 15 is 0 Å². The van der Waals surface area contributed by atoms with Crippen LogP contribution in [-0.4, -0.2) is 23.4 Å². The lowest BCUT2D eigenvalue weighted by Gasteiger charge is -2.08. The van der Waals surface area contributed by atoms with Crippen molar-refractivity contribution in [3.8, 4) is 11.3 Å². The van der Waals surface area contributed by atoms with Crippen LogP contribution < -0.4 is 5.32 Å². The molecule has 0 spiro atoms. The van der Waals surface area contributed by atoms with Gasteiger partial charge in [0.25, 0.3) is 5.91 Å². The first-order valence-electron chi connectivity index (χ1n) is 7.29. The van der Waals surface area contributed by atoms with E-state index in [-0.39, 0.29) is 17.4 Å². The Morgan fingerprint density at radius 1 is 1.17 bits per heavy atom. The van der Waals surface area contributed by atoms with E-state index in [1.807, 2.05) is 6.92 Å². The molecule has 0 unspecified atom stereocenters. The van der Waals surface area contributed by atoms with Crippen molar-refractivity contribution in [1.29, 1.82) is 0 Å². The van der Waals surface area contributed by atoms with Crippen molar-refractivity contribution in [3.05, 3.63) is 53.7 Å². The van der Waals surface area contributed by atoms with Crippen LogP contribution in [0.15, 0.2) is 46.5 Å². The number of benzene rings is 1. The first-order valence-corrected chi connectivity index (χ1v) is 7.29. The zero-order valence-corrected chi connectivity index (χ0v) is 12.5. The highest BCUT2D eigenvalue weighted by atomic mass is 19.1. The molecule has 1 fully saturated rings. The normalized spacial score (nSPS) is 16.3. The zero-order valence-electron chi connectivity index (χ0n) is 12.5. The van der Waals surface area contributed by atoms with Gasteiger partial charge in [-0.1, -0.05) is 6.92 Å². The molecule has 1 aliphatic rings. The molecule has 3 amide bonds. The summed E-state index contributed by atoms with van der Waals surface area (Å²) in [5.74, 6) is 0.305. The smallest absolute Gasteiger partial charge is 0.329 e. The Hall–Kier alpha value is -2.89. The summed E-state index contributed by atoms with van der Waals surface area (Å²) in [6.45, 7) is 2.27. The predicted molar refractivity (Wildman–Crippen MR) is 82.6 cm³/mol. The van der Waals surface area contributed by atoms with E-state index in [4.69, 9.17) is 4.42 Å². The summed E-state index contributed by atoms with van der Waals surface area (Å²) in [5, 5.41) is 2.53. The molecule has 0 radical (unpaired) electrons. The van der Waals surface area contributed by atoms with Gasteiger partial charge >= 0.3 is 6.03 Å². The van der Waals surface area contributed by atoms with Crippen molar-refractivity contribution in [2.24, 2.45) is 0 Å². The molecule has 0 bridgehead atoms. The largest absolute Gasteiger partial charge is 0.457 e. The van der Waals surface area contributed by atoms with Gasteiger partial charge in [-0.2, -0.15) is 0 Å². The number of urea groups is 1. The van der Waals surface area contributed by atoms with Crippen LogP contribution in [-0.2, 0) is 4.79 Å². The Kier molecular flexibility index (Phi) is 3.97. The number of nitrogens with zero attached hydrogens (tertiary/aromatic N) is 1. The minimum absolute atomic E-state index is 0.184. The second kappa shape index (κ2) is 6.08. The molecular weight excluding hydrogens is 299 g/mol. The SMILES string of the molecule is CCCN1C(=O)N/C(=C/c2ccc(-c3ccc(F)cc3)o2)C1=O. The number of furan rings is 1. The molecule has 2 heterocycles. The Labute approximate surface area is 132 Å². The average molecular weight is 314 g/mol. The Morgan fingerprint density at radius 2 is 1.91 bits per heavy atom. The van der Waals surface area contributed by atoms with Gasteiger partial charge in [0.05, 0.1) is 0 Å². The molecule has 2 aromatic rings. The van der Waals surface area contributed by atoms with Crippen molar-refractivity contribution in [3.63, 3.8) is 0 Å². The molecule has 23 heavy (non-hydrogen) atoms. The van der Waals surface area contributed by atoms with Gasteiger partial charge in [-0.15, -0.1) is 0 Å². The van der Waals surface area contributed by atoms with Gasteiger partial charge in [0.1, 0.15) is 23.0 Å². The summed E-state index contributed by atoms with van der Waals surface area (Å²) in [5.41, 5.74) is 0.911. The van der Waals surface area contributed by atoms with Crippen molar-refractivity contribution in [1.82, 2.24) is 10.2 Å². The maximum Gasteiger partial charge on any atom is 0.329 e. The summed E-state index contributed by atoms with van der Waals surface area (Å²) in [7, 11) is 0. The van der Waals surface area contributed by atoms with Crippen molar-refractivity contribution in [2.75, 3.05) is 6.54 Å². The Morgan fingerprint density at radius 3 is 2.61 bits per heavy atom. The number of hydrogen-bond donors (Lipinski definition) is 1. The van der Waals surface area contributed by atoms with Crippen LogP contribution in [0.2, 0.25) is 0 Å². The fourth-order valence-corrected chi connectivity index (χ4v) is 2.34. The van der Waals surface area contributed by atoms with E-state index in [1.54, 1.807) is 24.3 Å². The molecule has 0 aliphatic carbocycles. The highest BCUT2D eigenvalue weighted by Gasteiger charge is 2.32. The molecule has 5 nitrogen and oxygen atoms in total. The van der Waals surface area contributed by atoms with Crippen LogP contribution in [0.4, 0.5) is 9.18 Å². The first-order chi connectivity index (χ1) is 11.1. The molecule has 118 valence electrons. The molecule has 6 heteroatoms. The van der Waals surface area contributed by atoms with Gasteiger partial charge in [0, 0.05) is 18.2 Å². The number of amides is 3. The third-order valence-electron chi connectivity index (χ3n) is 3.45. The van der Waals surface area contributed by atoms with E-state index < -0.39 is 6.03 Å². The number of rotatable bonds is 4. The fraction of sp³-hybridized carbons (Fsp3) is 0.176. The van der Waals surface area contributed by atoms with Crippen molar-refractivity contribution >= 4 is 18.0 Å². The third kappa shape index (κ3) is 3.01. The molecule has 0 saturated carbocycles. The number of halogens is 1. The van der Waals surface area contributed by atoms with Crippen LogP contribution in [0.3, 0.4) is 0 Å². The van der Waals surface area contributed by atoms with E-state index in [9.17, 15) is 14.0 Å². The number of hydrogen-bond acceptors (Lipinski definition) is 3. The van der Waals surface area contributed by atoms with Crippen LogP contribution in [0.5, 0.6) is 0 Å². The lowest BCUT2D eigenvalue weighted by atomic mass is 10.2. The topological polar surface area (TPSA) is 62.6 Å². The van der Waals surface area contributed by atoms with Gasteiger partial charge in [-0.05, 0) is 42.8 Å². The van der Waals surface area contributed by atoms with E-state index in [0.29, 0.717) is 24.5 Å². The minimum Gasteiger partial charge on any atom is -0.457 e.